The second-order valence-electron chi connectivity index (χ2n) is 7.75. The number of hydrogen-bond donors (Lipinski definition) is 1. The number of aryl methyl sites for hydroxylation is 1. The van der Waals surface area contributed by atoms with Crippen molar-refractivity contribution in [2.24, 2.45) is 0 Å². The fourth-order valence-electron chi connectivity index (χ4n) is 3.56. The molecule has 10 heteroatoms. The summed E-state index contributed by atoms with van der Waals surface area (Å²) in [6, 6.07) is 15.0. The Bertz CT molecular complexity index is 1250. The highest BCUT2D eigenvalue weighted by Gasteiger charge is 2.28. The topological polar surface area (TPSA) is 87.5 Å². The number of halogens is 1. The maximum absolute atomic E-state index is 13.1. The average molecular weight is 474 g/mol. The lowest BCUT2D eigenvalue weighted by Crippen LogP contribution is -2.47. The highest BCUT2D eigenvalue weighted by Crippen LogP contribution is 2.22. The largest absolute Gasteiger partial charge is 0.306 e. The normalized spacial score (nSPS) is 15.6. The summed E-state index contributed by atoms with van der Waals surface area (Å²) < 4.78 is 29.1. The first-order valence-corrected chi connectivity index (χ1v) is 12.0. The molecule has 1 fully saturated rings. The Morgan fingerprint density at radius 2 is 1.75 bits per heavy atom. The molecule has 0 saturated carbocycles. The molecule has 1 amide bonds. The van der Waals surface area contributed by atoms with Crippen LogP contribution in [0, 0.1) is 6.92 Å². The Labute approximate surface area is 192 Å². The van der Waals surface area contributed by atoms with Crippen molar-refractivity contribution in [1.82, 2.24) is 19.0 Å². The summed E-state index contributed by atoms with van der Waals surface area (Å²) in [5.74, 6) is 0.0331. The summed E-state index contributed by atoms with van der Waals surface area (Å²) in [5.41, 5.74) is 1.66. The molecular weight excluding hydrogens is 450 g/mol. The van der Waals surface area contributed by atoms with Crippen LogP contribution in [0.5, 0.6) is 0 Å². The summed E-state index contributed by atoms with van der Waals surface area (Å²) in [4.78, 5) is 15.2. The van der Waals surface area contributed by atoms with Crippen LogP contribution in [0.1, 0.15) is 16.1 Å². The Morgan fingerprint density at radius 1 is 1.03 bits per heavy atom. The molecule has 1 N–H and O–H groups in total. The molecule has 1 saturated heterocycles. The van der Waals surface area contributed by atoms with Gasteiger partial charge in [0.1, 0.15) is 5.82 Å². The molecule has 0 unspecified atom stereocenters. The van der Waals surface area contributed by atoms with Crippen molar-refractivity contribution in [3.63, 3.8) is 0 Å². The van der Waals surface area contributed by atoms with E-state index >= 15 is 0 Å². The van der Waals surface area contributed by atoms with Gasteiger partial charge in [0.15, 0.2) is 0 Å². The van der Waals surface area contributed by atoms with Gasteiger partial charge in [-0.3, -0.25) is 4.79 Å². The zero-order chi connectivity index (χ0) is 22.9. The van der Waals surface area contributed by atoms with Crippen LogP contribution in [0.4, 0.5) is 5.82 Å². The summed E-state index contributed by atoms with van der Waals surface area (Å²) >= 11 is 6.10. The molecule has 1 aliphatic rings. The van der Waals surface area contributed by atoms with Crippen molar-refractivity contribution in [3.8, 4) is 5.69 Å². The van der Waals surface area contributed by atoms with Gasteiger partial charge in [0.05, 0.1) is 16.3 Å². The highest BCUT2D eigenvalue weighted by molar-refractivity contribution is 7.89. The van der Waals surface area contributed by atoms with Gasteiger partial charge in [0, 0.05) is 42.8 Å². The van der Waals surface area contributed by atoms with E-state index in [0.717, 1.165) is 0 Å². The number of benzene rings is 2. The van der Waals surface area contributed by atoms with E-state index in [1.165, 1.54) is 16.4 Å². The third-order valence-corrected chi connectivity index (χ3v) is 7.45. The standard InChI is InChI=1S/C22H24ClN5O3S/c1-16-13-21(28(25-16)19-7-4-6-18(23)15-19)24-22(29)17-5-3-8-20(14-17)32(30,31)27-11-9-26(2)10-12-27/h3-8,13-15H,9-12H2,1-2H3,(H,24,29). The molecule has 168 valence electrons. The molecule has 2 heterocycles. The number of carbonyl (C=O) groups excluding carboxylic acids is 1. The SMILES string of the molecule is Cc1cc(NC(=O)c2cccc(S(=O)(=O)N3CCN(C)CC3)c2)n(-c2cccc(Cl)c2)n1. The number of hydrogen-bond acceptors (Lipinski definition) is 5. The maximum atomic E-state index is 13.1. The quantitative estimate of drug-likeness (QED) is 0.615. The molecule has 3 aromatic rings. The van der Waals surface area contributed by atoms with Gasteiger partial charge in [0.2, 0.25) is 10.0 Å². The smallest absolute Gasteiger partial charge is 0.256 e. The van der Waals surface area contributed by atoms with Gasteiger partial charge >= 0.3 is 0 Å². The first-order valence-electron chi connectivity index (χ1n) is 10.2. The number of amides is 1. The number of likely N-dealkylation sites (N-methyl/N-ethyl adjacent to an activating group) is 1. The zero-order valence-corrected chi connectivity index (χ0v) is 19.4. The minimum absolute atomic E-state index is 0.106. The molecule has 0 radical (unpaired) electrons. The molecule has 0 bridgehead atoms. The first kappa shape index (κ1) is 22.5. The number of nitrogens with zero attached hydrogens (tertiary/aromatic N) is 4. The van der Waals surface area contributed by atoms with Crippen molar-refractivity contribution in [3.05, 3.63) is 70.9 Å². The van der Waals surface area contributed by atoms with Crippen LogP contribution in [-0.2, 0) is 10.0 Å². The molecule has 8 nitrogen and oxygen atoms in total. The van der Waals surface area contributed by atoms with E-state index in [9.17, 15) is 13.2 Å². The molecule has 1 aromatic heterocycles. The summed E-state index contributed by atoms with van der Waals surface area (Å²) in [7, 11) is -1.71. The summed E-state index contributed by atoms with van der Waals surface area (Å²) in [6.45, 7) is 4.01. The fraction of sp³-hybridized carbons (Fsp3) is 0.273. The lowest BCUT2D eigenvalue weighted by Gasteiger charge is -2.31. The van der Waals surface area contributed by atoms with Crippen LogP contribution in [0.3, 0.4) is 0 Å². The lowest BCUT2D eigenvalue weighted by molar-refractivity contribution is 0.102. The first-order chi connectivity index (χ1) is 15.2. The van der Waals surface area contributed by atoms with Crippen LogP contribution in [-0.4, -0.2) is 66.5 Å². The molecular formula is C22H24ClN5O3S. The van der Waals surface area contributed by atoms with Crippen LogP contribution < -0.4 is 5.32 Å². The van der Waals surface area contributed by atoms with Crippen molar-refractivity contribution in [2.45, 2.75) is 11.8 Å². The zero-order valence-electron chi connectivity index (χ0n) is 17.8. The number of rotatable bonds is 5. The van der Waals surface area contributed by atoms with Crippen LogP contribution >= 0.6 is 11.6 Å². The second kappa shape index (κ2) is 9.03. The predicted molar refractivity (Wildman–Crippen MR) is 124 cm³/mol. The fourth-order valence-corrected chi connectivity index (χ4v) is 5.21. The number of carbonyl (C=O) groups is 1. The van der Waals surface area contributed by atoms with Gasteiger partial charge in [-0.05, 0) is 50.4 Å². The van der Waals surface area contributed by atoms with E-state index in [-0.39, 0.29) is 10.5 Å². The van der Waals surface area contributed by atoms with Gasteiger partial charge < -0.3 is 10.2 Å². The average Bonchev–Trinajstić information content (AvgIpc) is 3.14. The van der Waals surface area contributed by atoms with Gasteiger partial charge in [-0.1, -0.05) is 23.7 Å². The Hall–Kier alpha value is -2.72. The molecule has 0 aliphatic carbocycles. The number of aromatic nitrogens is 2. The minimum Gasteiger partial charge on any atom is -0.306 e. The number of sulfonamides is 1. The van der Waals surface area contributed by atoms with Gasteiger partial charge in [-0.25, -0.2) is 13.1 Å². The lowest BCUT2D eigenvalue weighted by atomic mass is 10.2. The van der Waals surface area contributed by atoms with Crippen molar-refractivity contribution in [2.75, 3.05) is 38.5 Å². The Morgan fingerprint density at radius 3 is 2.47 bits per heavy atom. The second-order valence-corrected chi connectivity index (χ2v) is 10.1. The molecule has 4 rings (SSSR count). The van der Waals surface area contributed by atoms with E-state index in [0.29, 0.717) is 48.4 Å². The molecule has 1 aliphatic heterocycles. The van der Waals surface area contributed by atoms with Crippen LogP contribution in [0.2, 0.25) is 5.02 Å². The van der Waals surface area contributed by atoms with E-state index in [2.05, 4.69) is 15.3 Å². The van der Waals surface area contributed by atoms with E-state index in [4.69, 9.17) is 11.6 Å². The summed E-state index contributed by atoms with van der Waals surface area (Å²) in [6.07, 6.45) is 0. The van der Waals surface area contributed by atoms with Crippen molar-refractivity contribution in [1.29, 1.82) is 0 Å². The number of piperazine rings is 1. The number of anilines is 1. The highest BCUT2D eigenvalue weighted by atomic mass is 35.5. The minimum atomic E-state index is -3.67. The number of nitrogens with one attached hydrogen (secondary N) is 1. The van der Waals surface area contributed by atoms with E-state index in [1.54, 1.807) is 41.1 Å². The van der Waals surface area contributed by atoms with Gasteiger partial charge in [-0.15, -0.1) is 0 Å². The molecule has 0 atom stereocenters. The van der Waals surface area contributed by atoms with E-state index in [1.807, 2.05) is 20.0 Å². The van der Waals surface area contributed by atoms with E-state index < -0.39 is 15.9 Å². The van der Waals surface area contributed by atoms with Crippen molar-refractivity contribution >= 4 is 33.3 Å². The Balaban J connectivity index is 1.58. The van der Waals surface area contributed by atoms with Crippen molar-refractivity contribution < 1.29 is 13.2 Å². The maximum Gasteiger partial charge on any atom is 0.256 e. The summed E-state index contributed by atoms with van der Waals surface area (Å²) in [5, 5.41) is 7.81. The monoisotopic (exact) mass is 473 g/mol. The van der Waals surface area contributed by atoms with Crippen LogP contribution in [0.25, 0.3) is 5.69 Å². The Kier molecular flexibility index (Phi) is 6.34. The van der Waals surface area contributed by atoms with Crippen LogP contribution in [0.15, 0.2) is 59.5 Å². The van der Waals surface area contributed by atoms with Gasteiger partial charge in [0.25, 0.3) is 5.91 Å². The predicted octanol–water partition coefficient (Wildman–Crippen LogP) is 3.02. The molecule has 32 heavy (non-hydrogen) atoms. The van der Waals surface area contributed by atoms with Gasteiger partial charge in [-0.2, -0.15) is 9.40 Å². The molecule has 2 aromatic carbocycles. The third kappa shape index (κ3) is 4.71. The third-order valence-electron chi connectivity index (χ3n) is 5.32. The molecule has 0 spiro atoms.